The summed E-state index contributed by atoms with van der Waals surface area (Å²) in [7, 11) is 0. The maximum absolute atomic E-state index is 12.4. The molecular formula is C19H20N4OS2. The molecule has 0 fully saturated rings. The Morgan fingerprint density at radius 3 is 2.42 bits per heavy atom. The van der Waals surface area contributed by atoms with Crippen LogP contribution in [0.5, 0.6) is 0 Å². The number of anilines is 2. The second-order valence-corrected chi connectivity index (χ2v) is 7.82. The maximum Gasteiger partial charge on any atom is 0.230 e. The Balaban J connectivity index is 1.86. The Morgan fingerprint density at radius 1 is 1.15 bits per heavy atom. The highest BCUT2D eigenvalue weighted by Crippen LogP contribution is 2.35. The average Bonchev–Trinajstić information content (AvgIpc) is 3.05. The van der Waals surface area contributed by atoms with Gasteiger partial charge in [0.1, 0.15) is 0 Å². The zero-order chi connectivity index (χ0) is 18.7. The van der Waals surface area contributed by atoms with Crippen molar-refractivity contribution >= 4 is 39.8 Å². The minimum absolute atomic E-state index is 0.0417. The first kappa shape index (κ1) is 18.5. The first-order chi connectivity index (χ1) is 12.5. The molecule has 0 N–H and O–H groups in total. The summed E-state index contributed by atoms with van der Waals surface area (Å²) in [6.07, 6.45) is 3.45. The van der Waals surface area contributed by atoms with Crippen molar-refractivity contribution < 1.29 is 4.79 Å². The summed E-state index contributed by atoms with van der Waals surface area (Å²) < 4.78 is 0. The number of amides is 1. The number of benzene rings is 1. The fourth-order valence-electron chi connectivity index (χ4n) is 2.88. The average molecular weight is 385 g/mol. The zero-order valence-corrected chi connectivity index (χ0v) is 16.8. The van der Waals surface area contributed by atoms with Crippen molar-refractivity contribution in [3.05, 3.63) is 58.4 Å². The monoisotopic (exact) mass is 384 g/mol. The maximum atomic E-state index is 12.4. The van der Waals surface area contributed by atoms with E-state index in [-0.39, 0.29) is 5.91 Å². The van der Waals surface area contributed by atoms with Crippen molar-refractivity contribution in [1.29, 1.82) is 0 Å². The number of thioether (sulfide) groups is 1. The Kier molecular flexibility index (Phi) is 5.68. The van der Waals surface area contributed by atoms with Crippen molar-refractivity contribution in [1.82, 2.24) is 15.0 Å². The number of hydrogen-bond donors (Lipinski definition) is 0. The van der Waals surface area contributed by atoms with Crippen LogP contribution in [-0.4, -0.2) is 20.9 Å². The summed E-state index contributed by atoms with van der Waals surface area (Å²) in [6.45, 7) is 7.70. The quantitative estimate of drug-likeness (QED) is 0.465. The predicted molar refractivity (Wildman–Crippen MR) is 107 cm³/mol. The van der Waals surface area contributed by atoms with Crippen molar-refractivity contribution in [2.24, 2.45) is 0 Å². The van der Waals surface area contributed by atoms with Crippen LogP contribution in [0.15, 0.2) is 41.1 Å². The lowest BCUT2D eigenvalue weighted by molar-refractivity contribution is -0.115. The number of aromatic nitrogens is 3. The third kappa shape index (κ3) is 4.11. The van der Waals surface area contributed by atoms with Crippen LogP contribution in [0, 0.1) is 20.8 Å². The molecule has 3 rings (SSSR count). The van der Waals surface area contributed by atoms with Crippen molar-refractivity contribution in [2.45, 2.75) is 38.6 Å². The molecule has 134 valence electrons. The van der Waals surface area contributed by atoms with E-state index in [1.54, 1.807) is 30.3 Å². The van der Waals surface area contributed by atoms with Crippen LogP contribution >= 0.6 is 23.1 Å². The summed E-state index contributed by atoms with van der Waals surface area (Å²) in [6, 6.07) is 5.98. The van der Waals surface area contributed by atoms with Crippen LogP contribution in [0.25, 0.3) is 0 Å². The van der Waals surface area contributed by atoms with Crippen LogP contribution < -0.4 is 4.90 Å². The van der Waals surface area contributed by atoms with E-state index in [1.807, 2.05) is 19.2 Å². The number of carbonyl (C=O) groups is 1. The molecule has 5 nitrogen and oxygen atoms in total. The fourth-order valence-corrected chi connectivity index (χ4v) is 4.55. The topological polar surface area (TPSA) is 59.0 Å². The van der Waals surface area contributed by atoms with Crippen LogP contribution in [0.1, 0.15) is 29.3 Å². The van der Waals surface area contributed by atoms with Crippen LogP contribution in [-0.2, 0) is 10.5 Å². The van der Waals surface area contributed by atoms with E-state index in [9.17, 15) is 4.79 Å². The lowest BCUT2D eigenvalue weighted by Crippen LogP contribution is -2.24. The van der Waals surface area contributed by atoms with E-state index >= 15 is 0 Å². The Morgan fingerprint density at radius 2 is 1.81 bits per heavy atom. The largest absolute Gasteiger partial charge is 0.274 e. The van der Waals surface area contributed by atoms with Gasteiger partial charge < -0.3 is 0 Å². The summed E-state index contributed by atoms with van der Waals surface area (Å²) in [5, 5.41) is 3.40. The molecule has 1 amide bonds. The van der Waals surface area contributed by atoms with Gasteiger partial charge in [-0.1, -0.05) is 29.5 Å². The molecule has 2 aromatic heterocycles. The highest BCUT2D eigenvalue weighted by Gasteiger charge is 2.21. The van der Waals surface area contributed by atoms with Gasteiger partial charge >= 0.3 is 0 Å². The Labute approximate surface area is 161 Å². The van der Waals surface area contributed by atoms with E-state index in [0.717, 1.165) is 27.7 Å². The van der Waals surface area contributed by atoms with E-state index in [0.29, 0.717) is 10.9 Å². The van der Waals surface area contributed by atoms with Gasteiger partial charge in [0.05, 0.1) is 11.4 Å². The molecule has 0 atom stereocenters. The third-order valence-corrected chi connectivity index (χ3v) is 5.58. The van der Waals surface area contributed by atoms with Gasteiger partial charge in [-0.05, 0) is 38.0 Å². The first-order valence-corrected chi connectivity index (χ1v) is 10.0. The van der Waals surface area contributed by atoms with Crippen molar-refractivity contribution in [3.8, 4) is 0 Å². The zero-order valence-electron chi connectivity index (χ0n) is 15.2. The standard InChI is InChI=1S/C19H20N4OS2/c1-12-8-13(2)17(14(3)9-12)23(15(4)24)19-22-16(11-26-19)10-25-18-20-6-5-7-21-18/h5-9,11H,10H2,1-4H3. The van der Waals surface area contributed by atoms with Gasteiger partial charge in [-0.25, -0.2) is 15.0 Å². The fraction of sp³-hybridized carbons (Fsp3) is 0.263. The van der Waals surface area contributed by atoms with Gasteiger partial charge in [0.2, 0.25) is 5.91 Å². The first-order valence-electron chi connectivity index (χ1n) is 8.18. The highest BCUT2D eigenvalue weighted by molar-refractivity contribution is 7.98. The van der Waals surface area contributed by atoms with Crippen molar-refractivity contribution in [3.63, 3.8) is 0 Å². The molecule has 0 aliphatic heterocycles. The number of hydrogen-bond acceptors (Lipinski definition) is 6. The van der Waals surface area contributed by atoms with Gasteiger partial charge in [0.25, 0.3) is 0 Å². The molecular weight excluding hydrogens is 364 g/mol. The van der Waals surface area contributed by atoms with Crippen molar-refractivity contribution in [2.75, 3.05) is 4.90 Å². The second kappa shape index (κ2) is 7.97. The number of nitrogens with zero attached hydrogens (tertiary/aromatic N) is 4. The molecule has 0 radical (unpaired) electrons. The molecule has 0 spiro atoms. The van der Waals surface area contributed by atoms with Gasteiger partial charge in [0.15, 0.2) is 10.3 Å². The van der Waals surface area contributed by atoms with E-state index in [2.05, 4.69) is 34.0 Å². The number of rotatable bonds is 5. The normalized spacial score (nSPS) is 10.8. The molecule has 0 aliphatic rings. The molecule has 0 aliphatic carbocycles. The van der Waals surface area contributed by atoms with Gasteiger partial charge in [-0.3, -0.25) is 9.69 Å². The van der Waals surface area contributed by atoms with E-state index < -0.39 is 0 Å². The molecule has 0 saturated heterocycles. The molecule has 0 bridgehead atoms. The van der Waals surface area contributed by atoms with E-state index in [4.69, 9.17) is 0 Å². The summed E-state index contributed by atoms with van der Waals surface area (Å²) in [5.41, 5.74) is 5.16. The number of carbonyl (C=O) groups excluding carboxylic acids is 1. The molecule has 7 heteroatoms. The third-order valence-electron chi connectivity index (χ3n) is 3.80. The SMILES string of the molecule is CC(=O)N(c1nc(CSc2ncccn2)cs1)c1c(C)cc(C)cc1C. The van der Waals surface area contributed by atoms with Crippen LogP contribution in [0.2, 0.25) is 0 Å². The number of thiazole rings is 1. The lowest BCUT2D eigenvalue weighted by atomic mass is 10.0. The summed E-state index contributed by atoms with van der Waals surface area (Å²) in [4.78, 5) is 27.2. The molecule has 0 saturated carbocycles. The number of aryl methyl sites for hydroxylation is 3. The molecule has 3 aromatic rings. The van der Waals surface area contributed by atoms with Gasteiger partial charge in [-0.2, -0.15) is 0 Å². The van der Waals surface area contributed by atoms with E-state index in [1.165, 1.54) is 28.7 Å². The smallest absolute Gasteiger partial charge is 0.230 e. The minimum Gasteiger partial charge on any atom is -0.274 e. The minimum atomic E-state index is -0.0417. The summed E-state index contributed by atoms with van der Waals surface area (Å²) in [5.74, 6) is 0.623. The summed E-state index contributed by atoms with van der Waals surface area (Å²) >= 11 is 3.01. The van der Waals surface area contributed by atoms with Crippen LogP contribution in [0.3, 0.4) is 0 Å². The molecule has 2 heterocycles. The Bertz CT molecular complexity index is 901. The molecule has 1 aromatic carbocycles. The molecule has 0 unspecified atom stereocenters. The molecule has 26 heavy (non-hydrogen) atoms. The van der Waals surface area contributed by atoms with Crippen LogP contribution in [0.4, 0.5) is 10.8 Å². The van der Waals surface area contributed by atoms with Gasteiger partial charge in [0, 0.05) is 30.5 Å². The second-order valence-electron chi connectivity index (χ2n) is 6.04. The Hall–Kier alpha value is -2.25. The lowest BCUT2D eigenvalue weighted by Gasteiger charge is -2.23. The van der Waals surface area contributed by atoms with Gasteiger partial charge in [-0.15, -0.1) is 11.3 Å². The highest BCUT2D eigenvalue weighted by atomic mass is 32.2. The predicted octanol–water partition coefficient (Wildman–Crippen LogP) is 4.84.